The molecule has 0 aromatic rings. The highest BCUT2D eigenvalue weighted by Gasteiger charge is 2.31. The molecule has 2 N–H and O–H groups in total. The Morgan fingerprint density at radius 1 is 0.703 bits per heavy atom. The van der Waals surface area contributed by atoms with E-state index in [2.05, 4.69) is 19.1 Å². The Morgan fingerprint density at radius 3 is 1.54 bits per heavy atom. The molecular formula is C30H57O6P. The normalized spacial score (nSPS) is 17.6. The summed E-state index contributed by atoms with van der Waals surface area (Å²) >= 11 is 0. The SMILES string of the molecule is CCCCCCCC/C=C\CCCCCCCC(=O)O.O=P(O)(OC1CCCCC1)OC1CCCCC1. The average Bonchev–Trinajstić information content (AvgIpc) is 2.87. The Hall–Kier alpha value is -0.680. The zero-order valence-corrected chi connectivity index (χ0v) is 24.6. The van der Waals surface area contributed by atoms with Gasteiger partial charge in [0, 0.05) is 6.42 Å². The number of allylic oxidation sites excluding steroid dienone is 2. The Labute approximate surface area is 227 Å². The summed E-state index contributed by atoms with van der Waals surface area (Å²) in [5.74, 6) is -0.664. The second-order valence-corrected chi connectivity index (χ2v) is 12.3. The predicted octanol–water partition coefficient (Wildman–Crippen LogP) is 9.89. The van der Waals surface area contributed by atoms with Crippen LogP contribution >= 0.6 is 7.82 Å². The molecule has 2 fully saturated rings. The van der Waals surface area contributed by atoms with Crippen LogP contribution in [0.2, 0.25) is 0 Å². The highest BCUT2D eigenvalue weighted by atomic mass is 31.2. The minimum absolute atomic E-state index is 0.0804. The first-order valence-corrected chi connectivity index (χ1v) is 17.0. The van der Waals surface area contributed by atoms with Crippen LogP contribution < -0.4 is 0 Å². The summed E-state index contributed by atoms with van der Waals surface area (Å²) in [5, 5.41) is 8.51. The fraction of sp³-hybridized carbons (Fsp3) is 0.900. The summed E-state index contributed by atoms with van der Waals surface area (Å²) < 4.78 is 22.4. The van der Waals surface area contributed by atoms with Crippen molar-refractivity contribution in [2.75, 3.05) is 0 Å². The Kier molecular flexibility index (Phi) is 21.6. The molecule has 7 heteroatoms. The third kappa shape index (κ3) is 21.9. The summed E-state index contributed by atoms with van der Waals surface area (Å²) in [4.78, 5) is 20.1. The van der Waals surface area contributed by atoms with Gasteiger partial charge in [0.25, 0.3) is 0 Å². The Morgan fingerprint density at radius 2 is 1.11 bits per heavy atom. The van der Waals surface area contributed by atoms with E-state index < -0.39 is 13.8 Å². The molecule has 37 heavy (non-hydrogen) atoms. The molecule has 2 saturated carbocycles. The van der Waals surface area contributed by atoms with Crippen molar-refractivity contribution in [3.8, 4) is 0 Å². The standard InChI is InChI=1S/C18H34O2.C12H23O4P/c1-2-3-4-5-6-7-8-9-10-11-12-13-14-15-16-17-18(19)20;13-17(14,15-11-7-3-1-4-8-11)16-12-9-5-2-6-10-12/h9-10H,2-8,11-17H2,1H3,(H,19,20);11-12H,1-10H2,(H,13,14)/b10-9-;. The lowest BCUT2D eigenvalue weighted by atomic mass is 9.98. The molecule has 6 nitrogen and oxygen atoms in total. The van der Waals surface area contributed by atoms with Gasteiger partial charge in [0.1, 0.15) is 0 Å². The maximum Gasteiger partial charge on any atom is 0.472 e. The minimum Gasteiger partial charge on any atom is -0.481 e. The molecule has 2 rings (SSSR count). The average molecular weight is 545 g/mol. The molecule has 0 spiro atoms. The van der Waals surface area contributed by atoms with Crippen molar-refractivity contribution in [1.82, 2.24) is 0 Å². The Bertz CT molecular complexity index is 587. The molecule has 0 aromatic heterocycles. The van der Waals surface area contributed by atoms with Gasteiger partial charge in [0.05, 0.1) is 12.2 Å². The van der Waals surface area contributed by atoms with Crippen molar-refractivity contribution in [3.05, 3.63) is 12.2 Å². The summed E-state index contributed by atoms with van der Waals surface area (Å²) in [6.07, 6.45) is 31.4. The number of carboxylic acid groups (broad SMARTS) is 1. The number of hydrogen-bond acceptors (Lipinski definition) is 4. The highest BCUT2D eigenvalue weighted by molar-refractivity contribution is 7.47. The van der Waals surface area contributed by atoms with Crippen molar-refractivity contribution in [2.45, 2.75) is 173 Å². The fourth-order valence-corrected chi connectivity index (χ4v) is 6.31. The highest BCUT2D eigenvalue weighted by Crippen LogP contribution is 2.49. The zero-order chi connectivity index (χ0) is 27.0. The Balaban J connectivity index is 0.000000373. The summed E-state index contributed by atoms with van der Waals surface area (Å²) in [6.45, 7) is 2.26. The molecule has 0 saturated heterocycles. The monoisotopic (exact) mass is 544 g/mol. The van der Waals surface area contributed by atoms with Gasteiger partial charge in [0.15, 0.2) is 0 Å². The molecule has 0 bridgehead atoms. The smallest absolute Gasteiger partial charge is 0.472 e. The van der Waals surface area contributed by atoms with Crippen molar-refractivity contribution >= 4 is 13.8 Å². The molecular weight excluding hydrogens is 487 g/mol. The van der Waals surface area contributed by atoms with E-state index in [-0.39, 0.29) is 12.2 Å². The van der Waals surface area contributed by atoms with Gasteiger partial charge in [0.2, 0.25) is 0 Å². The van der Waals surface area contributed by atoms with Crippen molar-refractivity contribution in [1.29, 1.82) is 0 Å². The predicted molar refractivity (Wildman–Crippen MR) is 153 cm³/mol. The van der Waals surface area contributed by atoms with Gasteiger partial charge in [-0.3, -0.25) is 13.8 Å². The quantitative estimate of drug-likeness (QED) is 0.0954. The molecule has 0 atom stereocenters. The van der Waals surface area contributed by atoms with Crippen LogP contribution in [0.1, 0.15) is 161 Å². The number of carboxylic acids is 1. The fourth-order valence-electron chi connectivity index (χ4n) is 5.09. The van der Waals surface area contributed by atoms with Crippen LogP contribution in [0.15, 0.2) is 12.2 Å². The first-order valence-electron chi connectivity index (χ1n) is 15.5. The van der Waals surface area contributed by atoms with Gasteiger partial charge in [-0.25, -0.2) is 4.57 Å². The van der Waals surface area contributed by atoms with Crippen LogP contribution in [0.5, 0.6) is 0 Å². The summed E-state index contributed by atoms with van der Waals surface area (Å²) in [7, 11) is -3.83. The van der Waals surface area contributed by atoms with Gasteiger partial charge in [-0.2, -0.15) is 0 Å². The lowest BCUT2D eigenvalue weighted by molar-refractivity contribution is -0.137. The number of unbranched alkanes of at least 4 members (excludes halogenated alkanes) is 11. The summed E-state index contributed by atoms with van der Waals surface area (Å²) in [6, 6.07) is 0. The van der Waals surface area contributed by atoms with Crippen LogP contribution in [-0.4, -0.2) is 28.2 Å². The lowest BCUT2D eigenvalue weighted by Crippen LogP contribution is -2.20. The van der Waals surface area contributed by atoms with E-state index in [1.807, 2.05) is 0 Å². The summed E-state index contributed by atoms with van der Waals surface area (Å²) in [5.41, 5.74) is 0. The molecule has 0 amide bonds. The van der Waals surface area contributed by atoms with E-state index in [0.717, 1.165) is 64.2 Å². The van der Waals surface area contributed by atoms with Gasteiger partial charge in [-0.15, -0.1) is 0 Å². The van der Waals surface area contributed by atoms with Crippen LogP contribution in [-0.2, 0) is 18.4 Å². The first-order chi connectivity index (χ1) is 17.9. The maximum absolute atomic E-state index is 11.9. The first kappa shape index (κ1) is 34.3. The largest absolute Gasteiger partial charge is 0.481 e. The molecule has 218 valence electrons. The van der Waals surface area contributed by atoms with Crippen LogP contribution in [0, 0.1) is 0 Å². The van der Waals surface area contributed by atoms with Crippen molar-refractivity contribution < 1.29 is 28.4 Å². The zero-order valence-electron chi connectivity index (χ0n) is 23.8. The van der Waals surface area contributed by atoms with E-state index in [1.54, 1.807) is 0 Å². The number of hydrogen-bond donors (Lipinski definition) is 2. The number of phosphoric acid groups is 1. The van der Waals surface area contributed by atoms with E-state index >= 15 is 0 Å². The molecule has 0 unspecified atom stereocenters. The van der Waals surface area contributed by atoms with E-state index in [9.17, 15) is 14.3 Å². The molecule has 2 aliphatic rings. The molecule has 0 aliphatic heterocycles. The molecule has 0 aromatic carbocycles. The third-order valence-electron chi connectivity index (χ3n) is 7.32. The maximum atomic E-state index is 11.9. The van der Waals surface area contributed by atoms with Gasteiger partial charge < -0.3 is 10.00 Å². The van der Waals surface area contributed by atoms with Crippen LogP contribution in [0.25, 0.3) is 0 Å². The minimum atomic E-state index is -3.83. The number of carbonyl (C=O) groups is 1. The molecule has 0 heterocycles. The van der Waals surface area contributed by atoms with E-state index in [1.165, 1.54) is 83.5 Å². The van der Waals surface area contributed by atoms with E-state index in [4.69, 9.17) is 14.2 Å². The number of rotatable bonds is 19. The van der Waals surface area contributed by atoms with Gasteiger partial charge >= 0.3 is 13.8 Å². The lowest BCUT2D eigenvalue weighted by Gasteiger charge is -2.27. The molecule has 2 aliphatic carbocycles. The topological polar surface area (TPSA) is 93.1 Å². The third-order valence-corrected chi connectivity index (χ3v) is 8.45. The van der Waals surface area contributed by atoms with Gasteiger partial charge in [-0.05, 0) is 57.8 Å². The second kappa shape index (κ2) is 23.2. The van der Waals surface area contributed by atoms with Crippen molar-refractivity contribution in [3.63, 3.8) is 0 Å². The molecule has 0 radical (unpaired) electrons. The number of aliphatic carboxylic acids is 1. The van der Waals surface area contributed by atoms with Gasteiger partial charge in [-0.1, -0.05) is 109 Å². The van der Waals surface area contributed by atoms with Crippen LogP contribution in [0.4, 0.5) is 0 Å². The van der Waals surface area contributed by atoms with Crippen LogP contribution in [0.3, 0.4) is 0 Å². The second-order valence-electron chi connectivity index (χ2n) is 10.9. The van der Waals surface area contributed by atoms with Crippen molar-refractivity contribution in [2.24, 2.45) is 0 Å². The number of phosphoric ester groups is 1. The van der Waals surface area contributed by atoms with E-state index in [0.29, 0.717) is 6.42 Å².